The number of fused-ring (bicyclic) bond motifs is 1. The van der Waals surface area contributed by atoms with Crippen LogP contribution >= 0.6 is 0 Å². The van der Waals surface area contributed by atoms with Gasteiger partial charge in [0.2, 0.25) is 0 Å². The van der Waals surface area contributed by atoms with Gasteiger partial charge in [0, 0.05) is 13.1 Å². The predicted octanol–water partition coefficient (Wildman–Crippen LogP) is 2.43. The van der Waals surface area contributed by atoms with Crippen LogP contribution in [0.2, 0.25) is 0 Å². The fourth-order valence-corrected chi connectivity index (χ4v) is 2.45. The van der Waals surface area contributed by atoms with E-state index in [1.807, 2.05) is 4.68 Å². The molecule has 1 amide bonds. The van der Waals surface area contributed by atoms with Gasteiger partial charge in [-0.2, -0.15) is 5.10 Å². The number of nitrogens with one attached hydrogen (secondary N) is 1. The Labute approximate surface area is 130 Å². The second-order valence-electron chi connectivity index (χ2n) is 5.30. The van der Waals surface area contributed by atoms with Crippen molar-refractivity contribution >= 4 is 22.6 Å². The summed E-state index contributed by atoms with van der Waals surface area (Å²) in [5.41, 5.74) is 8.39. The highest BCUT2D eigenvalue weighted by atomic mass is 16.1. The van der Waals surface area contributed by atoms with Crippen molar-refractivity contribution in [2.45, 2.75) is 39.7 Å². The first-order chi connectivity index (χ1) is 10.6. The van der Waals surface area contributed by atoms with Crippen LogP contribution in [0.25, 0.3) is 11.0 Å². The molecule has 0 aliphatic rings. The number of carbonyl (C=O) groups is 1. The number of hydrogen-bond donors (Lipinski definition) is 2. The maximum atomic E-state index is 12.2. The van der Waals surface area contributed by atoms with Crippen LogP contribution in [0.4, 0.5) is 5.69 Å². The molecular formula is C16H23N5O. The quantitative estimate of drug-likeness (QED) is 0.607. The molecule has 0 aliphatic heterocycles. The topological polar surface area (TPSA) is 85.8 Å². The van der Waals surface area contributed by atoms with Crippen LogP contribution in [0.3, 0.4) is 0 Å². The summed E-state index contributed by atoms with van der Waals surface area (Å²) in [5.74, 6) is -0.233. The van der Waals surface area contributed by atoms with Gasteiger partial charge in [-0.05, 0) is 13.3 Å². The molecule has 0 atom stereocenters. The van der Waals surface area contributed by atoms with E-state index in [0.29, 0.717) is 23.5 Å². The van der Waals surface area contributed by atoms with E-state index < -0.39 is 0 Å². The SMILES string of the molecule is C=CCNC(=O)c1c(C)nc2c(cnn2CCCCC)c1N. The van der Waals surface area contributed by atoms with Gasteiger partial charge in [0.25, 0.3) is 5.91 Å². The summed E-state index contributed by atoms with van der Waals surface area (Å²) in [6.45, 7) is 8.75. The van der Waals surface area contributed by atoms with Crippen LogP contribution in [0, 0.1) is 6.92 Å². The van der Waals surface area contributed by atoms with Crippen molar-refractivity contribution in [3.8, 4) is 0 Å². The second-order valence-corrected chi connectivity index (χ2v) is 5.30. The molecule has 118 valence electrons. The molecule has 2 heterocycles. The van der Waals surface area contributed by atoms with Crippen molar-refractivity contribution in [2.75, 3.05) is 12.3 Å². The zero-order chi connectivity index (χ0) is 16.1. The van der Waals surface area contributed by atoms with Crippen LogP contribution in [0.15, 0.2) is 18.9 Å². The number of hydrogen-bond acceptors (Lipinski definition) is 4. The Morgan fingerprint density at radius 3 is 2.95 bits per heavy atom. The molecule has 0 fully saturated rings. The fourth-order valence-electron chi connectivity index (χ4n) is 2.45. The van der Waals surface area contributed by atoms with Crippen LogP contribution < -0.4 is 11.1 Å². The number of carbonyl (C=O) groups excluding carboxylic acids is 1. The Morgan fingerprint density at radius 2 is 2.27 bits per heavy atom. The van der Waals surface area contributed by atoms with E-state index in [-0.39, 0.29) is 5.91 Å². The minimum atomic E-state index is -0.233. The Balaban J connectivity index is 2.38. The van der Waals surface area contributed by atoms with E-state index in [0.717, 1.165) is 36.8 Å². The van der Waals surface area contributed by atoms with Gasteiger partial charge in [0.05, 0.1) is 28.5 Å². The molecule has 0 aromatic carbocycles. The lowest BCUT2D eigenvalue weighted by Gasteiger charge is -2.10. The molecule has 6 nitrogen and oxygen atoms in total. The standard InChI is InChI=1S/C16H23N5O/c1-4-6-7-9-21-15-12(10-19-21)14(17)13(11(3)20-15)16(22)18-8-5-2/h5,10H,2,4,6-9H2,1,3H3,(H2,17,20)(H,18,22). The lowest BCUT2D eigenvalue weighted by Crippen LogP contribution is -2.25. The molecule has 0 saturated carbocycles. The van der Waals surface area contributed by atoms with Crippen LogP contribution in [0.1, 0.15) is 42.2 Å². The molecule has 2 aromatic rings. The lowest BCUT2D eigenvalue weighted by atomic mass is 10.1. The van der Waals surface area contributed by atoms with Crippen LogP contribution in [-0.2, 0) is 6.54 Å². The molecular weight excluding hydrogens is 278 g/mol. The zero-order valence-electron chi connectivity index (χ0n) is 13.2. The smallest absolute Gasteiger partial charge is 0.255 e. The zero-order valence-corrected chi connectivity index (χ0v) is 13.2. The van der Waals surface area contributed by atoms with Gasteiger partial charge < -0.3 is 11.1 Å². The van der Waals surface area contributed by atoms with Crippen molar-refractivity contribution in [2.24, 2.45) is 0 Å². The van der Waals surface area contributed by atoms with Gasteiger partial charge in [-0.15, -0.1) is 6.58 Å². The van der Waals surface area contributed by atoms with E-state index in [1.54, 1.807) is 19.2 Å². The predicted molar refractivity (Wildman–Crippen MR) is 88.7 cm³/mol. The molecule has 0 aliphatic carbocycles. The van der Waals surface area contributed by atoms with Crippen molar-refractivity contribution in [1.29, 1.82) is 0 Å². The number of nitrogens with zero attached hydrogens (tertiary/aromatic N) is 3. The van der Waals surface area contributed by atoms with Gasteiger partial charge in [-0.25, -0.2) is 9.67 Å². The molecule has 0 radical (unpaired) electrons. The number of nitrogen functional groups attached to an aromatic ring is 1. The number of aryl methyl sites for hydroxylation is 2. The Morgan fingerprint density at radius 1 is 1.50 bits per heavy atom. The number of unbranched alkanes of at least 4 members (excludes halogenated alkanes) is 2. The number of pyridine rings is 1. The van der Waals surface area contributed by atoms with Crippen LogP contribution in [0.5, 0.6) is 0 Å². The molecule has 0 unspecified atom stereocenters. The average molecular weight is 301 g/mol. The first-order valence-electron chi connectivity index (χ1n) is 7.60. The van der Waals surface area contributed by atoms with Gasteiger partial charge in [-0.3, -0.25) is 4.79 Å². The lowest BCUT2D eigenvalue weighted by molar-refractivity contribution is 0.0958. The minimum Gasteiger partial charge on any atom is -0.397 e. The van der Waals surface area contributed by atoms with Crippen molar-refractivity contribution in [3.05, 3.63) is 30.1 Å². The number of aromatic nitrogens is 3. The summed E-state index contributed by atoms with van der Waals surface area (Å²) in [7, 11) is 0. The number of nitrogens with two attached hydrogens (primary N) is 1. The monoisotopic (exact) mass is 301 g/mol. The third kappa shape index (κ3) is 3.10. The van der Waals surface area contributed by atoms with Crippen molar-refractivity contribution < 1.29 is 4.79 Å². The number of anilines is 1. The Hall–Kier alpha value is -2.37. The second kappa shape index (κ2) is 7.06. The third-order valence-electron chi connectivity index (χ3n) is 3.61. The minimum absolute atomic E-state index is 0.233. The summed E-state index contributed by atoms with van der Waals surface area (Å²) >= 11 is 0. The van der Waals surface area contributed by atoms with Gasteiger partial charge in [0.15, 0.2) is 5.65 Å². The maximum absolute atomic E-state index is 12.2. The highest BCUT2D eigenvalue weighted by Gasteiger charge is 2.19. The van der Waals surface area contributed by atoms with E-state index in [9.17, 15) is 4.79 Å². The highest BCUT2D eigenvalue weighted by molar-refractivity contribution is 6.06. The molecule has 6 heteroatoms. The molecule has 3 N–H and O–H groups in total. The van der Waals surface area contributed by atoms with Crippen molar-refractivity contribution in [1.82, 2.24) is 20.1 Å². The molecule has 0 spiro atoms. The van der Waals surface area contributed by atoms with Gasteiger partial charge in [0.1, 0.15) is 0 Å². The van der Waals surface area contributed by atoms with Crippen molar-refractivity contribution in [3.63, 3.8) is 0 Å². The summed E-state index contributed by atoms with van der Waals surface area (Å²) in [6.07, 6.45) is 6.67. The maximum Gasteiger partial charge on any atom is 0.255 e. The van der Waals surface area contributed by atoms with E-state index in [1.165, 1.54) is 0 Å². The van der Waals surface area contributed by atoms with E-state index in [4.69, 9.17) is 5.73 Å². The normalized spacial score (nSPS) is 10.8. The molecule has 0 bridgehead atoms. The van der Waals surface area contributed by atoms with Crippen LogP contribution in [-0.4, -0.2) is 27.2 Å². The average Bonchev–Trinajstić information content (AvgIpc) is 2.88. The Bertz CT molecular complexity index is 689. The summed E-state index contributed by atoms with van der Waals surface area (Å²) in [5, 5.41) is 7.83. The van der Waals surface area contributed by atoms with Gasteiger partial charge >= 0.3 is 0 Å². The molecule has 0 saturated heterocycles. The van der Waals surface area contributed by atoms with Gasteiger partial charge in [-0.1, -0.05) is 25.8 Å². The molecule has 22 heavy (non-hydrogen) atoms. The highest BCUT2D eigenvalue weighted by Crippen LogP contribution is 2.25. The van der Waals surface area contributed by atoms with E-state index in [2.05, 4.69) is 28.9 Å². The fraction of sp³-hybridized carbons (Fsp3) is 0.438. The number of amides is 1. The molecule has 2 aromatic heterocycles. The first kappa shape index (κ1) is 16.0. The third-order valence-corrected chi connectivity index (χ3v) is 3.61. The summed E-state index contributed by atoms with van der Waals surface area (Å²) in [6, 6.07) is 0. The number of rotatable bonds is 7. The Kier molecular flexibility index (Phi) is 5.14. The summed E-state index contributed by atoms with van der Waals surface area (Å²) in [4.78, 5) is 16.7. The van der Waals surface area contributed by atoms with E-state index >= 15 is 0 Å². The largest absolute Gasteiger partial charge is 0.397 e. The molecule has 2 rings (SSSR count). The summed E-state index contributed by atoms with van der Waals surface area (Å²) < 4.78 is 1.86. The first-order valence-corrected chi connectivity index (χ1v) is 7.60.